The molecule has 2 aromatic carbocycles. The first kappa shape index (κ1) is 21.8. The maximum absolute atomic E-state index is 13.0. The Morgan fingerprint density at radius 3 is 2.13 bits per heavy atom. The monoisotopic (exact) mass is 460 g/mol. The molecule has 2 aromatic rings. The molecule has 31 heavy (non-hydrogen) atoms. The van der Waals surface area contributed by atoms with Crippen LogP contribution in [0.2, 0.25) is 10.0 Å². The SMILES string of the molecule is O=C1C(=O)N(CCN2CCOCC2)[C@H](c2ccc(Cl)cc2)/C1=C(\O)c1ccc(Cl)cc1. The van der Waals surface area contributed by atoms with Crippen LogP contribution in [0.15, 0.2) is 54.1 Å². The second kappa shape index (κ2) is 9.40. The number of Topliss-reactive ketones (excluding diaryl/α,β-unsaturated/α-hetero) is 1. The molecule has 1 amide bonds. The molecule has 4 rings (SSSR count). The molecule has 6 nitrogen and oxygen atoms in total. The Hall–Kier alpha value is -2.38. The minimum Gasteiger partial charge on any atom is -0.507 e. The Morgan fingerprint density at radius 2 is 1.52 bits per heavy atom. The van der Waals surface area contributed by atoms with Crippen LogP contribution in [0, 0.1) is 0 Å². The molecule has 2 heterocycles. The van der Waals surface area contributed by atoms with Crippen LogP contribution in [0.25, 0.3) is 5.76 Å². The van der Waals surface area contributed by atoms with Crippen LogP contribution in [-0.4, -0.2) is 66.0 Å². The molecule has 0 spiro atoms. The lowest BCUT2D eigenvalue weighted by Gasteiger charge is -2.31. The van der Waals surface area contributed by atoms with E-state index in [0.29, 0.717) is 47.5 Å². The summed E-state index contributed by atoms with van der Waals surface area (Å²) in [6.45, 7) is 3.82. The number of benzene rings is 2. The molecular weight excluding hydrogens is 439 g/mol. The summed E-state index contributed by atoms with van der Waals surface area (Å²) in [4.78, 5) is 29.7. The molecule has 2 fully saturated rings. The third-order valence-corrected chi connectivity index (χ3v) is 6.11. The van der Waals surface area contributed by atoms with E-state index in [1.165, 1.54) is 4.90 Å². The van der Waals surface area contributed by atoms with Crippen molar-refractivity contribution in [3.63, 3.8) is 0 Å². The van der Waals surface area contributed by atoms with Gasteiger partial charge in [0.2, 0.25) is 0 Å². The van der Waals surface area contributed by atoms with Crippen LogP contribution in [0.3, 0.4) is 0 Å². The van der Waals surface area contributed by atoms with Gasteiger partial charge in [-0.05, 0) is 42.0 Å². The van der Waals surface area contributed by atoms with Crippen LogP contribution in [-0.2, 0) is 14.3 Å². The Morgan fingerprint density at radius 1 is 0.935 bits per heavy atom. The van der Waals surface area contributed by atoms with Gasteiger partial charge in [0.25, 0.3) is 11.7 Å². The standard InChI is InChI=1S/C23H22Cl2N2O4/c24-17-5-1-15(2-6-17)20-19(21(28)16-3-7-18(25)8-4-16)22(29)23(30)27(20)10-9-26-11-13-31-14-12-26/h1-8,20,28H,9-14H2/b21-19+/t20-/m1/s1. The molecule has 1 atom stereocenters. The van der Waals surface area contributed by atoms with Crippen molar-refractivity contribution >= 4 is 40.7 Å². The van der Waals surface area contributed by atoms with Gasteiger partial charge in [0.15, 0.2) is 0 Å². The van der Waals surface area contributed by atoms with E-state index in [9.17, 15) is 14.7 Å². The minimum absolute atomic E-state index is 0.0663. The number of morpholine rings is 1. The van der Waals surface area contributed by atoms with Crippen molar-refractivity contribution in [2.45, 2.75) is 6.04 Å². The highest BCUT2D eigenvalue weighted by molar-refractivity contribution is 6.46. The number of rotatable bonds is 5. The zero-order valence-corrected chi connectivity index (χ0v) is 18.3. The quantitative estimate of drug-likeness (QED) is 0.418. The van der Waals surface area contributed by atoms with Gasteiger partial charge >= 0.3 is 0 Å². The van der Waals surface area contributed by atoms with Gasteiger partial charge in [-0.25, -0.2) is 0 Å². The van der Waals surface area contributed by atoms with Crippen molar-refractivity contribution in [2.75, 3.05) is 39.4 Å². The third-order valence-electron chi connectivity index (χ3n) is 5.60. The molecule has 0 aliphatic carbocycles. The van der Waals surface area contributed by atoms with E-state index in [0.717, 1.165) is 13.1 Å². The largest absolute Gasteiger partial charge is 0.507 e. The van der Waals surface area contributed by atoms with Gasteiger partial charge in [-0.1, -0.05) is 35.3 Å². The van der Waals surface area contributed by atoms with E-state index in [2.05, 4.69) is 4.90 Å². The first-order valence-electron chi connectivity index (χ1n) is 10.1. The number of amides is 1. The van der Waals surface area contributed by atoms with Crippen molar-refractivity contribution in [3.8, 4) is 0 Å². The molecule has 1 N–H and O–H groups in total. The number of nitrogens with zero attached hydrogens (tertiary/aromatic N) is 2. The third kappa shape index (κ3) is 4.62. The maximum Gasteiger partial charge on any atom is 0.295 e. The van der Waals surface area contributed by atoms with Crippen LogP contribution in [0.5, 0.6) is 0 Å². The summed E-state index contributed by atoms with van der Waals surface area (Å²) >= 11 is 12.0. The van der Waals surface area contributed by atoms with E-state index in [1.54, 1.807) is 48.5 Å². The number of hydrogen-bond acceptors (Lipinski definition) is 5. The number of ether oxygens (including phenoxy) is 1. The van der Waals surface area contributed by atoms with E-state index in [-0.39, 0.29) is 11.3 Å². The topological polar surface area (TPSA) is 70.1 Å². The van der Waals surface area contributed by atoms with E-state index in [1.807, 2.05) is 0 Å². The minimum atomic E-state index is -0.700. The van der Waals surface area contributed by atoms with Gasteiger partial charge < -0.3 is 14.7 Å². The Kier molecular flexibility index (Phi) is 6.62. The Balaban J connectivity index is 1.72. The fourth-order valence-electron chi connectivity index (χ4n) is 3.94. The van der Waals surface area contributed by atoms with Gasteiger partial charge in [0.1, 0.15) is 5.76 Å². The summed E-state index contributed by atoms with van der Waals surface area (Å²) in [6.07, 6.45) is 0. The van der Waals surface area contributed by atoms with Gasteiger partial charge in [-0.15, -0.1) is 0 Å². The summed E-state index contributed by atoms with van der Waals surface area (Å²) in [7, 11) is 0. The molecule has 2 saturated heterocycles. The molecule has 0 aromatic heterocycles. The van der Waals surface area contributed by atoms with Crippen LogP contribution < -0.4 is 0 Å². The second-order valence-corrected chi connectivity index (χ2v) is 8.38. The van der Waals surface area contributed by atoms with E-state index < -0.39 is 17.7 Å². The number of carbonyl (C=O) groups is 2. The molecule has 8 heteroatoms. The van der Waals surface area contributed by atoms with E-state index >= 15 is 0 Å². The highest BCUT2D eigenvalue weighted by atomic mass is 35.5. The van der Waals surface area contributed by atoms with Crippen molar-refractivity contribution < 1.29 is 19.4 Å². The molecule has 0 bridgehead atoms. The lowest BCUT2D eigenvalue weighted by molar-refractivity contribution is -0.140. The Labute approximate surface area is 190 Å². The first-order chi connectivity index (χ1) is 15.0. The average Bonchev–Trinajstić information content (AvgIpc) is 3.04. The smallest absolute Gasteiger partial charge is 0.295 e. The van der Waals surface area contributed by atoms with Crippen molar-refractivity contribution in [1.29, 1.82) is 0 Å². The van der Waals surface area contributed by atoms with Gasteiger partial charge in [-0.3, -0.25) is 14.5 Å². The number of aliphatic hydroxyl groups excluding tert-OH is 1. The highest BCUT2D eigenvalue weighted by Crippen LogP contribution is 2.39. The Bertz CT molecular complexity index is 999. The van der Waals surface area contributed by atoms with Crippen LogP contribution >= 0.6 is 23.2 Å². The van der Waals surface area contributed by atoms with Crippen molar-refractivity contribution in [3.05, 3.63) is 75.3 Å². The predicted octanol–water partition coefficient (Wildman–Crippen LogP) is 3.75. The van der Waals surface area contributed by atoms with Crippen molar-refractivity contribution in [1.82, 2.24) is 9.80 Å². The van der Waals surface area contributed by atoms with Gasteiger partial charge in [0.05, 0.1) is 24.8 Å². The fourth-order valence-corrected chi connectivity index (χ4v) is 4.19. The van der Waals surface area contributed by atoms with Crippen LogP contribution in [0.4, 0.5) is 0 Å². The predicted molar refractivity (Wildman–Crippen MR) is 119 cm³/mol. The van der Waals surface area contributed by atoms with Crippen LogP contribution in [0.1, 0.15) is 17.2 Å². The zero-order valence-electron chi connectivity index (χ0n) is 16.8. The maximum atomic E-state index is 13.0. The summed E-state index contributed by atoms with van der Waals surface area (Å²) in [6, 6.07) is 12.8. The number of aliphatic hydroxyl groups is 1. The number of carbonyl (C=O) groups excluding carboxylic acids is 2. The highest BCUT2D eigenvalue weighted by Gasteiger charge is 2.46. The fraction of sp³-hybridized carbons (Fsp3) is 0.304. The molecule has 0 unspecified atom stereocenters. The molecular formula is C23H22Cl2N2O4. The number of halogens is 2. The summed E-state index contributed by atoms with van der Waals surface area (Å²) in [5.41, 5.74) is 1.20. The molecule has 162 valence electrons. The lowest BCUT2D eigenvalue weighted by atomic mass is 9.95. The van der Waals surface area contributed by atoms with Crippen molar-refractivity contribution in [2.24, 2.45) is 0 Å². The second-order valence-electron chi connectivity index (χ2n) is 7.50. The molecule has 0 saturated carbocycles. The normalized spacial score (nSPS) is 21.6. The molecule has 2 aliphatic heterocycles. The zero-order chi connectivity index (χ0) is 22.0. The summed E-state index contributed by atoms with van der Waals surface area (Å²) in [5, 5.41) is 12.1. The average molecular weight is 461 g/mol. The summed E-state index contributed by atoms with van der Waals surface area (Å²) in [5.74, 6) is -1.54. The summed E-state index contributed by atoms with van der Waals surface area (Å²) < 4.78 is 5.38. The van der Waals surface area contributed by atoms with Gasteiger partial charge in [0, 0.05) is 41.8 Å². The number of hydrogen-bond donors (Lipinski definition) is 1. The molecule has 0 radical (unpaired) electrons. The first-order valence-corrected chi connectivity index (χ1v) is 10.8. The molecule has 2 aliphatic rings. The number of likely N-dealkylation sites (tertiary alicyclic amines) is 1. The van der Waals surface area contributed by atoms with Gasteiger partial charge in [-0.2, -0.15) is 0 Å². The number of ketones is 1. The van der Waals surface area contributed by atoms with E-state index in [4.69, 9.17) is 27.9 Å². The lowest BCUT2D eigenvalue weighted by Crippen LogP contribution is -2.42.